The molecule has 33 heavy (non-hydrogen) atoms. The lowest BCUT2D eigenvalue weighted by atomic mass is 9.98. The topological polar surface area (TPSA) is 62.5 Å². The average Bonchev–Trinajstić information content (AvgIpc) is 2.89. The average molecular weight is 445 g/mol. The number of nitriles is 1. The molecular weight excluding hydrogens is 428 g/mol. The van der Waals surface area contributed by atoms with Crippen LogP contribution >= 0.6 is 11.6 Å². The zero-order valence-corrected chi connectivity index (χ0v) is 18.2. The molecule has 0 saturated heterocycles. The van der Waals surface area contributed by atoms with Gasteiger partial charge in [-0.2, -0.15) is 5.26 Å². The summed E-state index contributed by atoms with van der Waals surface area (Å²) in [5.74, 6) is 1.72. The molecule has 1 aromatic heterocycles. The normalized spacial score (nSPS) is 10.5. The van der Waals surface area contributed by atoms with Crippen molar-refractivity contribution >= 4 is 11.6 Å². The molecule has 0 N–H and O–H groups in total. The molecule has 5 aromatic rings. The number of aromatic nitrogens is 3. The zero-order valence-electron chi connectivity index (χ0n) is 17.5. The molecule has 0 atom stereocenters. The summed E-state index contributed by atoms with van der Waals surface area (Å²) in [6.45, 7) is 0. The molecule has 0 bridgehead atoms. The summed E-state index contributed by atoms with van der Waals surface area (Å²) in [6.07, 6.45) is 0. The third-order valence-corrected chi connectivity index (χ3v) is 5.50. The Morgan fingerprint density at radius 3 is 1.79 bits per heavy atom. The molecule has 0 unspecified atom stereocenters. The molecule has 0 fully saturated rings. The van der Waals surface area contributed by atoms with Gasteiger partial charge in [-0.05, 0) is 47.5 Å². The smallest absolute Gasteiger partial charge is 0.164 e. The molecule has 0 aliphatic carbocycles. The van der Waals surface area contributed by atoms with Crippen LogP contribution in [0.15, 0.2) is 103 Å². The molecule has 0 amide bonds. The van der Waals surface area contributed by atoms with Crippen molar-refractivity contribution in [3.05, 3.63) is 114 Å². The van der Waals surface area contributed by atoms with E-state index in [0.29, 0.717) is 28.1 Å². The lowest BCUT2D eigenvalue weighted by Crippen LogP contribution is -2.00. The van der Waals surface area contributed by atoms with E-state index in [4.69, 9.17) is 26.6 Å². The van der Waals surface area contributed by atoms with Gasteiger partial charge in [-0.1, -0.05) is 78.3 Å². The van der Waals surface area contributed by atoms with Crippen LogP contribution in [0.2, 0.25) is 5.02 Å². The fourth-order valence-electron chi connectivity index (χ4n) is 3.61. The molecule has 1 heterocycles. The summed E-state index contributed by atoms with van der Waals surface area (Å²) in [5, 5.41) is 10.2. The van der Waals surface area contributed by atoms with Gasteiger partial charge in [0.25, 0.3) is 0 Å². The molecule has 0 spiro atoms. The Kier molecular flexibility index (Phi) is 5.63. The van der Waals surface area contributed by atoms with Crippen molar-refractivity contribution in [2.75, 3.05) is 0 Å². The second-order valence-electron chi connectivity index (χ2n) is 7.42. The Morgan fingerprint density at radius 1 is 0.545 bits per heavy atom. The Bertz CT molecular complexity index is 1470. The molecule has 0 aliphatic rings. The minimum Gasteiger partial charge on any atom is -0.208 e. The molecule has 0 aliphatic heterocycles. The molecule has 0 saturated carbocycles. The third kappa shape index (κ3) is 4.36. The Labute approximate surface area is 196 Å². The molecule has 4 aromatic carbocycles. The lowest BCUT2D eigenvalue weighted by Gasteiger charge is -2.10. The summed E-state index contributed by atoms with van der Waals surface area (Å²) >= 11 is 6.08. The van der Waals surface area contributed by atoms with Gasteiger partial charge in [0.05, 0.1) is 11.6 Å². The largest absolute Gasteiger partial charge is 0.208 e. The summed E-state index contributed by atoms with van der Waals surface area (Å²) in [6, 6.07) is 35.0. The van der Waals surface area contributed by atoms with Crippen molar-refractivity contribution in [3.63, 3.8) is 0 Å². The van der Waals surface area contributed by atoms with Crippen LogP contribution in [-0.4, -0.2) is 15.0 Å². The van der Waals surface area contributed by atoms with Crippen molar-refractivity contribution in [2.24, 2.45) is 0 Å². The van der Waals surface area contributed by atoms with Crippen LogP contribution in [-0.2, 0) is 0 Å². The van der Waals surface area contributed by atoms with E-state index in [1.807, 2.05) is 103 Å². The molecule has 5 rings (SSSR count). The van der Waals surface area contributed by atoms with Gasteiger partial charge in [-0.15, -0.1) is 0 Å². The number of hydrogen-bond acceptors (Lipinski definition) is 4. The second-order valence-corrected chi connectivity index (χ2v) is 7.85. The van der Waals surface area contributed by atoms with Crippen LogP contribution < -0.4 is 0 Å². The molecule has 5 heteroatoms. The Hall–Kier alpha value is -4.33. The highest BCUT2D eigenvalue weighted by Gasteiger charge is 2.13. The first-order valence-corrected chi connectivity index (χ1v) is 10.8. The van der Waals surface area contributed by atoms with E-state index < -0.39 is 0 Å². The standard InChI is InChI=1S/C28H17ClN4/c29-24-15-13-20(14-16-24)27-31-26(19-7-2-1-3-8-19)32-28(33-27)22-11-6-10-21(17-22)25-12-5-4-9-23(25)18-30/h1-17H. The van der Waals surface area contributed by atoms with Gasteiger partial charge < -0.3 is 0 Å². The monoisotopic (exact) mass is 444 g/mol. The molecule has 156 valence electrons. The number of hydrogen-bond donors (Lipinski definition) is 0. The highest BCUT2D eigenvalue weighted by atomic mass is 35.5. The van der Waals surface area contributed by atoms with Crippen molar-refractivity contribution in [1.82, 2.24) is 15.0 Å². The van der Waals surface area contributed by atoms with E-state index in [2.05, 4.69) is 6.07 Å². The summed E-state index contributed by atoms with van der Waals surface area (Å²) in [5.41, 5.74) is 5.03. The minimum atomic E-state index is 0.560. The van der Waals surface area contributed by atoms with Crippen LogP contribution in [0.4, 0.5) is 0 Å². The van der Waals surface area contributed by atoms with Gasteiger partial charge in [0.1, 0.15) is 0 Å². The zero-order chi connectivity index (χ0) is 22.6. The fraction of sp³-hybridized carbons (Fsp3) is 0. The fourth-order valence-corrected chi connectivity index (χ4v) is 3.73. The molecular formula is C28H17ClN4. The number of nitrogens with zero attached hydrogens (tertiary/aromatic N) is 4. The first-order chi connectivity index (χ1) is 16.2. The maximum Gasteiger partial charge on any atom is 0.164 e. The molecule has 4 nitrogen and oxygen atoms in total. The molecule has 0 radical (unpaired) electrons. The maximum atomic E-state index is 9.52. The van der Waals surface area contributed by atoms with E-state index in [9.17, 15) is 5.26 Å². The van der Waals surface area contributed by atoms with Crippen molar-refractivity contribution < 1.29 is 0 Å². The van der Waals surface area contributed by atoms with Crippen LogP contribution in [0.25, 0.3) is 45.3 Å². The number of rotatable bonds is 4. The highest BCUT2D eigenvalue weighted by Crippen LogP contribution is 2.29. The number of benzene rings is 4. The van der Waals surface area contributed by atoms with Crippen LogP contribution in [0.5, 0.6) is 0 Å². The predicted octanol–water partition coefficient (Wildman–Crippen LogP) is 7.06. The first-order valence-electron chi connectivity index (χ1n) is 10.4. The van der Waals surface area contributed by atoms with Gasteiger partial charge in [-0.25, -0.2) is 15.0 Å². The second kappa shape index (κ2) is 9.04. The van der Waals surface area contributed by atoms with E-state index in [-0.39, 0.29) is 0 Å². The van der Waals surface area contributed by atoms with Gasteiger partial charge in [-0.3, -0.25) is 0 Å². The Morgan fingerprint density at radius 2 is 1.09 bits per heavy atom. The number of halogens is 1. The first kappa shape index (κ1) is 20.6. The Balaban J connectivity index is 1.67. The van der Waals surface area contributed by atoms with Crippen molar-refractivity contribution in [1.29, 1.82) is 5.26 Å². The van der Waals surface area contributed by atoms with Crippen LogP contribution in [0, 0.1) is 11.3 Å². The van der Waals surface area contributed by atoms with Gasteiger partial charge in [0.15, 0.2) is 17.5 Å². The summed E-state index contributed by atoms with van der Waals surface area (Å²) in [7, 11) is 0. The van der Waals surface area contributed by atoms with Gasteiger partial charge in [0, 0.05) is 21.7 Å². The van der Waals surface area contributed by atoms with Gasteiger partial charge in [0.2, 0.25) is 0 Å². The third-order valence-electron chi connectivity index (χ3n) is 5.25. The van der Waals surface area contributed by atoms with Crippen LogP contribution in [0.1, 0.15) is 5.56 Å². The SMILES string of the molecule is N#Cc1ccccc1-c1cccc(-c2nc(-c3ccccc3)nc(-c3ccc(Cl)cc3)n2)c1. The van der Waals surface area contributed by atoms with E-state index >= 15 is 0 Å². The van der Waals surface area contributed by atoms with Crippen molar-refractivity contribution in [2.45, 2.75) is 0 Å². The van der Waals surface area contributed by atoms with Crippen molar-refractivity contribution in [3.8, 4) is 51.4 Å². The summed E-state index contributed by atoms with van der Waals surface area (Å²) < 4.78 is 0. The van der Waals surface area contributed by atoms with Crippen LogP contribution in [0.3, 0.4) is 0 Å². The quantitative estimate of drug-likeness (QED) is 0.297. The van der Waals surface area contributed by atoms with E-state index in [1.54, 1.807) is 0 Å². The maximum absolute atomic E-state index is 9.52. The summed E-state index contributed by atoms with van der Waals surface area (Å²) in [4.78, 5) is 14.3. The predicted molar refractivity (Wildman–Crippen MR) is 131 cm³/mol. The van der Waals surface area contributed by atoms with E-state index in [0.717, 1.165) is 27.8 Å². The lowest BCUT2D eigenvalue weighted by molar-refractivity contribution is 1.07. The van der Waals surface area contributed by atoms with E-state index in [1.165, 1.54) is 0 Å². The highest BCUT2D eigenvalue weighted by molar-refractivity contribution is 6.30. The minimum absolute atomic E-state index is 0.560. The van der Waals surface area contributed by atoms with Gasteiger partial charge >= 0.3 is 0 Å².